The van der Waals surface area contributed by atoms with Crippen molar-refractivity contribution >= 4 is 27.5 Å². The third-order valence-corrected chi connectivity index (χ3v) is 7.01. The molecule has 2 atom stereocenters. The lowest BCUT2D eigenvalue weighted by Gasteiger charge is -2.23. The summed E-state index contributed by atoms with van der Waals surface area (Å²) in [6.45, 7) is 5.00. The third-order valence-electron chi connectivity index (χ3n) is 4.63. The quantitative estimate of drug-likeness (QED) is 0.889. The normalized spacial score (nSPS) is 25.9. The van der Waals surface area contributed by atoms with E-state index in [-0.39, 0.29) is 17.7 Å². The second-order valence-electron chi connectivity index (χ2n) is 6.22. The molecule has 120 valence electrons. The second-order valence-corrected chi connectivity index (χ2v) is 8.53. The molecule has 3 rings (SSSR count). The lowest BCUT2D eigenvalue weighted by atomic mass is 9.89. The maximum absolute atomic E-state index is 12.9. The molecule has 0 aliphatic carbocycles. The van der Waals surface area contributed by atoms with Crippen LogP contribution >= 0.6 is 11.6 Å². The molecule has 0 saturated carbocycles. The summed E-state index contributed by atoms with van der Waals surface area (Å²) in [7, 11) is -3.55. The van der Waals surface area contributed by atoms with Crippen molar-refractivity contribution < 1.29 is 13.2 Å². The molecule has 1 aromatic rings. The molecule has 0 aromatic heterocycles. The number of benzene rings is 1. The van der Waals surface area contributed by atoms with Gasteiger partial charge in [0.2, 0.25) is 15.9 Å². The number of aryl methyl sites for hydroxylation is 2. The van der Waals surface area contributed by atoms with Crippen LogP contribution in [0.2, 0.25) is 5.02 Å². The van der Waals surface area contributed by atoms with E-state index >= 15 is 0 Å². The van der Waals surface area contributed by atoms with Gasteiger partial charge in [0, 0.05) is 31.1 Å². The van der Waals surface area contributed by atoms with Gasteiger partial charge < -0.3 is 5.32 Å². The van der Waals surface area contributed by atoms with Crippen LogP contribution in [0.25, 0.3) is 0 Å². The van der Waals surface area contributed by atoms with Crippen LogP contribution in [0.1, 0.15) is 17.5 Å². The number of carbonyl (C=O) groups excluding carboxylic acids is 1. The molecule has 1 amide bonds. The SMILES string of the molecule is Cc1cc(S(=O)(=O)N2C[C@H]3CC(=O)NC[C@H]3C2)c(C)cc1Cl. The highest BCUT2D eigenvalue weighted by Gasteiger charge is 2.42. The Bertz CT molecular complexity index is 733. The van der Waals surface area contributed by atoms with Gasteiger partial charge in [0.25, 0.3) is 0 Å². The van der Waals surface area contributed by atoms with E-state index < -0.39 is 10.0 Å². The summed E-state index contributed by atoms with van der Waals surface area (Å²) in [6.07, 6.45) is 0.412. The first-order valence-electron chi connectivity index (χ1n) is 7.32. The van der Waals surface area contributed by atoms with Crippen LogP contribution in [0, 0.1) is 25.7 Å². The number of fused-ring (bicyclic) bond motifs is 1. The average molecular weight is 343 g/mol. The van der Waals surface area contributed by atoms with Crippen LogP contribution in [0.5, 0.6) is 0 Å². The fourth-order valence-electron chi connectivity index (χ4n) is 3.28. The van der Waals surface area contributed by atoms with E-state index in [0.29, 0.717) is 41.5 Å². The molecule has 2 saturated heterocycles. The summed E-state index contributed by atoms with van der Waals surface area (Å²) in [5.41, 5.74) is 1.40. The number of amides is 1. The van der Waals surface area contributed by atoms with Gasteiger partial charge >= 0.3 is 0 Å². The Labute approximate surface area is 135 Å². The van der Waals surface area contributed by atoms with E-state index in [1.807, 2.05) is 0 Å². The Morgan fingerprint density at radius 1 is 1.18 bits per heavy atom. The van der Waals surface area contributed by atoms with Crippen molar-refractivity contribution in [3.05, 3.63) is 28.3 Å². The van der Waals surface area contributed by atoms with Crippen LogP contribution in [-0.2, 0) is 14.8 Å². The highest BCUT2D eigenvalue weighted by Crippen LogP contribution is 2.34. The fourth-order valence-corrected chi connectivity index (χ4v) is 5.34. The first-order chi connectivity index (χ1) is 10.3. The number of sulfonamides is 1. The Morgan fingerprint density at radius 2 is 1.86 bits per heavy atom. The van der Waals surface area contributed by atoms with Crippen molar-refractivity contribution in [2.75, 3.05) is 19.6 Å². The number of rotatable bonds is 2. The Morgan fingerprint density at radius 3 is 2.59 bits per heavy atom. The van der Waals surface area contributed by atoms with Gasteiger partial charge in [-0.2, -0.15) is 4.31 Å². The monoisotopic (exact) mass is 342 g/mol. The zero-order valence-electron chi connectivity index (χ0n) is 12.6. The van der Waals surface area contributed by atoms with Crippen molar-refractivity contribution in [2.45, 2.75) is 25.2 Å². The summed E-state index contributed by atoms with van der Waals surface area (Å²) >= 11 is 6.06. The first kappa shape index (κ1) is 15.8. The molecule has 1 N–H and O–H groups in total. The lowest BCUT2D eigenvalue weighted by Crippen LogP contribution is -2.40. The van der Waals surface area contributed by atoms with E-state index in [9.17, 15) is 13.2 Å². The maximum Gasteiger partial charge on any atom is 0.243 e. The van der Waals surface area contributed by atoms with E-state index in [4.69, 9.17) is 11.6 Å². The van der Waals surface area contributed by atoms with Crippen molar-refractivity contribution in [1.82, 2.24) is 9.62 Å². The average Bonchev–Trinajstić information content (AvgIpc) is 2.86. The van der Waals surface area contributed by atoms with Crippen LogP contribution < -0.4 is 5.32 Å². The van der Waals surface area contributed by atoms with Gasteiger partial charge in [0.1, 0.15) is 0 Å². The molecule has 0 spiro atoms. The predicted molar refractivity (Wildman–Crippen MR) is 84.3 cm³/mol. The van der Waals surface area contributed by atoms with Crippen LogP contribution in [0.4, 0.5) is 0 Å². The summed E-state index contributed by atoms with van der Waals surface area (Å²) < 4.78 is 27.4. The Balaban J connectivity index is 1.91. The molecule has 22 heavy (non-hydrogen) atoms. The zero-order valence-corrected chi connectivity index (χ0v) is 14.2. The minimum Gasteiger partial charge on any atom is -0.356 e. The second kappa shape index (κ2) is 5.51. The molecule has 2 fully saturated rings. The largest absolute Gasteiger partial charge is 0.356 e. The number of nitrogens with one attached hydrogen (secondary N) is 1. The molecule has 0 radical (unpaired) electrons. The lowest BCUT2D eigenvalue weighted by molar-refractivity contribution is -0.124. The molecule has 2 aliphatic rings. The molecular formula is C15H19ClN2O3S. The van der Waals surface area contributed by atoms with Crippen LogP contribution in [-0.4, -0.2) is 38.3 Å². The molecule has 0 bridgehead atoms. The predicted octanol–water partition coefficient (Wildman–Crippen LogP) is 1.71. The van der Waals surface area contributed by atoms with Gasteiger partial charge in [-0.3, -0.25) is 4.79 Å². The van der Waals surface area contributed by atoms with Gasteiger partial charge in [0.15, 0.2) is 0 Å². The zero-order chi connectivity index (χ0) is 16.1. The number of piperidine rings is 1. The van der Waals surface area contributed by atoms with Gasteiger partial charge in [-0.1, -0.05) is 11.6 Å². The first-order valence-corrected chi connectivity index (χ1v) is 9.14. The summed E-state index contributed by atoms with van der Waals surface area (Å²) in [5, 5.41) is 3.39. The van der Waals surface area contributed by atoms with Crippen molar-refractivity contribution in [3.63, 3.8) is 0 Å². The molecule has 2 heterocycles. The standard InChI is InChI=1S/C15H19ClN2O3S/c1-9-4-14(10(2)3-13(9)16)22(20,21)18-7-11-5-15(19)17-6-12(11)8-18/h3-4,11-12H,5-8H2,1-2H3,(H,17,19)/t11-,12+/m1/s1. The van der Waals surface area contributed by atoms with Crippen molar-refractivity contribution in [3.8, 4) is 0 Å². The fraction of sp³-hybridized carbons (Fsp3) is 0.533. The molecule has 5 nitrogen and oxygen atoms in total. The van der Waals surface area contributed by atoms with Gasteiger partial charge in [0.05, 0.1) is 4.90 Å². The van der Waals surface area contributed by atoms with E-state index in [2.05, 4.69) is 5.32 Å². The molecular weight excluding hydrogens is 324 g/mol. The summed E-state index contributed by atoms with van der Waals surface area (Å²) in [6, 6.07) is 3.33. The highest BCUT2D eigenvalue weighted by molar-refractivity contribution is 7.89. The number of hydrogen-bond donors (Lipinski definition) is 1. The maximum atomic E-state index is 12.9. The molecule has 7 heteroatoms. The molecule has 2 aliphatic heterocycles. The van der Waals surface area contributed by atoms with E-state index in [0.717, 1.165) is 5.56 Å². The third kappa shape index (κ3) is 2.64. The van der Waals surface area contributed by atoms with Crippen LogP contribution in [0.15, 0.2) is 17.0 Å². The molecule has 1 aromatic carbocycles. The van der Waals surface area contributed by atoms with Gasteiger partial charge in [-0.05, 0) is 48.9 Å². The van der Waals surface area contributed by atoms with Crippen molar-refractivity contribution in [1.29, 1.82) is 0 Å². The van der Waals surface area contributed by atoms with Gasteiger partial charge in [-0.15, -0.1) is 0 Å². The number of halogens is 1. The smallest absolute Gasteiger partial charge is 0.243 e. The topological polar surface area (TPSA) is 66.5 Å². The number of hydrogen-bond acceptors (Lipinski definition) is 3. The number of nitrogens with zero attached hydrogens (tertiary/aromatic N) is 1. The van der Waals surface area contributed by atoms with Crippen molar-refractivity contribution in [2.24, 2.45) is 11.8 Å². The number of carbonyl (C=O) groups is 1. The summed E-state index contributed by atoms with van der Waals surface area (Å²) in [4.78, 5) is 11.8. The van der Waals surface area contributed by atoms with Gasteiger partial charge in [-0.25, -0.2) is 8.42 Å². The Hall–Kier alpha value is -1.11. The minimum absolute atomic E-state index is 0.0130. The Kier molecular flexibility index (Phi) is 3.95. The van der Waals surface area contributed by atoms with E-state index in [1.54, 1.807) is 26.0 Å². The highest BCUT2D eigenvalue weighted by atomic mass is 35.5. The van der Waals surface area contributed by atoms with E-state index in [1.165, 1.54) is 4.31 Å². The van der Waals surface area contributed by atoms with Crippen LogP contribution in [0.3, 0.4) is 0 Å². The minimum atomic E-state index is -3.55. The molecule has 0 unspecified atom stereocenters. The summed E-state index contributed by atoms with van der Waals surface area (Å²) in [5.74, 6) is 0.345.